The van der Waals surface area contributed by atoms with Gasteiger partial charge in [-0.2, -0.15) is 0 Å². The molecule has 2 amide bonds. The molecule has 41 heavy (non-hydrogen) atoms. The minimum Gasteiger partial charge on any atom is -0.778 e. The number of aromatic nitrogens is 2. The Hall–Kier alpha value is -3.78. The molecule has 5 rings (SSSR count). The van der Waals surface area contributed by atoms with Crippen molar-refractivity contribution in [3.05, 3.63) is 95.3 Å². The average molecular weight is 576 g/mol. The second-order valence-electron chi connectivity index (χ2n) is 9.94. The second kappa shape index (κ2) is 12.4. The summed E-state index contributed by atoms with van der Waals surface area (Å²) in [7, 11) is -3.88. The molecule has 0 spiro atoms. The summed E-state index contributed by atoms with van der Waals surface area (Å²) in [6.07, 6.45) is 0.938. The van der Waals surface area contributed by atoms with Crippen LogP contribution in [0.15, 0.2) is 72.8 Å². The minimum atomic E-state index is -3.88. The monoisotopic (exact) mass is 575 g/mol. The van der Waals surface area contributed by atoms with Crippen molar-refractivity contribution in [1.82, 2.24) is 9.47 Å². The van der Waals surface area contributed by atoms with Crippen LogP contribution in [0.1, 0.15) is 58.8 Å². The molecule has 0 saturated carbocycles. The van der Waals surface area contributed by atoms with E-state index in [2.05, 4.69) is 9.13 Å². The van der Waals surface area contributed by atoms with Crippen LogP contribution in [-0.2, 0) is 35.3 Å². The Morgan fingerprint density at radius 2 is 1.59 bits per heavy atom. The fourth-order valence-corrected chi connectivity index (χ4v) is 6.47. The summed E-state index contributed by atoms with van der Waals surface area (Å²) in [5.74, 6) is 0.838. The predicted octanol–water partition coefficient (Wildman–Crippen LogP) is 4.69. The summed E-state index contributed by atoms with van der Waals surface area (Å²) in [4.78, 5) is 39.9. The number of carbonyl (C=O) groups excluding carboxylic acids is 2. The number of unbranched alkanes of at least 4 members (excludes halogenated alkanes) is 1. The van der Waals surface area contributed by atoms with Gasteiger partial charge in [-0.3, -0.25) is 14.5 Å². The number of amides is 2. The molecule has 1 atom stereocenters. The number of fused-ring (bicyclic) bond motifs is 2. The molecule has 0 saturated heterocycles. The lowest BCUT2D eigenvalue weighted by Crippen LogP contribution is -2.42. The van der Waals surface area contributed by atoms with Gasteiger partial charge >= 0.3 is 0 Å². The summed E-state index contributed by atoms with van der Waals surface area (Å²) in [6, 6.07) is 22.6. The van der Waals surface area contributed by atoms with E-state index in [0.717, 1.165) is 22.4 Å². The first-order chi connectivity index (χ1) is 19.8. The van der Waals surface area contributed by atoms with Crippen LogP contribution >= 0.6 is 7.60 Å². The number of carbonyl (C=O) groups is 2. The van der Waals surface area contributed by atoms with E-state index in [4.69, 9.17) is 9.26 Å². The van der Waals surface area contributed by atoms with E-state index < -0.39 is 7.60 Å². The number of hydrogen-bond acceptors (Lipinski definition) is 6. The summed E-state index contributed by atoms with van der Waals surface area (Å²) in [6.45, 7) is 5.42. The first-order valence-electron chi connectivity index (χ1n) is 13.9. The number of aryl methyl sites for hydroxylation is 2. The third-order valence-corrected chi connectivity index (χ3v) is 8.80. The van der Waals surface area contributed by atoms with Crippen molar-refractivity contribution in [2.24, 2.45) is 0 Å². The van der Waals surface area contributed by atoms with Crippen molar-refractivity contribution in [1.29, 1.82) is 0 Å². The van der Waals surface area contributed by atoms with Gasteiger partial charge in [-0.15, -0.1) is 0 Å². The SMILES string of the molecule is CCOP(=O)([O-])CCCCn1c(CN2C(=O)c3ccccc3C2=O)[n+](CC)c2ccc(OCc3ccccc3)cc21. The molecule has 214 valence electrons. The highest BCUT2D eigenvalue weighted by Gasteiger charge is 2.38. The lowest BCUT2D eigenvalue weighted by atomic mass is 10.1. The smallest absolute Gasteiger partial charge is 0.277 e. The summed E-state index contributed by atoms with van der Waals surface area (Å²) in [5.41, 5.74) is 3.69. The molecule has 1 aliphatic rings. The van der Waals surface area contributed by atoms with Gasteiger partial charge in [-0.25, -0.2) is 9.13 Å². The maximum absolute atomic E-state index is 13.2. The van der Waals surface area contributed by atoms with E-state index in [9.17, 15) is 19.0 Å². The maximum atomic E-state index is 13.2. The molecule has 0 aliphatic carbocycles. The number of ether oxygens (including phenoxy) is 1. The van der Waals surface area contributed by atoms with Gasteiger partial charge in [0.1, 0.15) is 26.5 Å². The number of benzene rings is 3. The number of imide groups is 1. The van der Waals surface area contributed by atoms with E-state index in [0.29, 0.717) is 49.4 Å². The molecule has 0 N–H and O–H groups in total. The van der Waals surface area contributed by atoms with Gasteiger partial charge in [0, 0.05) is 12.2 Å². The Balaban J connectivity index is 1.47. The van der Waals surface area contributed by atoms with Crippen LogP contribution in [0.3, 0.4) is 0 Å². The first-order valence-corrected chi connectivity index (χ1v) is 15.7. The van der Waals surface area contributed by atoms with Crippen LogP contribution in [0.25, 0.3) is 11.0 Å². The van der Waals surface area contributed by atoms with E-state index in [1.54, 1.807) is 31.2 Å². The van der Waals surface area contributed by atoms with Crippen molar-refractivity contribution in [2.75, 3.05) is 12.8 Å². The highest BCUT2D eigenvalue weighted by Crippen LogP contribution is 2.37. The van der Waals surface area contributed by atoms with E-state index >= 15 is 0 Å². The molecule has 4 aromatic rings. The van der Waals surface area contributed by atoms with Crippen molar-refractivity contribution in [3.63, 3.8) is 0 Å². The van der Waals surface area contributed by atoms with Gasteiger partial charge in [0.15, 0.2) is 11.0 Å². The lowest BCUT2D eigenvalue weighted by molar-refractivity contribution is -0.677. The van der Waals surface area contributed by atoms with Crippen LogP contribution < -0.4 is 14.2 Å². The summed E-state index contributed by atoms with van der Waals surface area (Å²) < 4.78 is 27.3. The summed E-state index contributed by atoms with van der Waals surface area (Å²) in [5, 5.41) is 0. The first kappa shape index (κ1) is 28.7. The van der Waals surface area contributed by atoms with Crippen LogP contribution in [0.4, 0.5) is 0 Å². The topological polar surface area (TPSA) is 105 Å². The number of rotatable bonds is 13. The van der Waals surface area contributed by atoms with Gasteiger partial charge in [0.05, 0.1) is 30.8 Å². The van der Waals surface area contributed by atoms with Crippen LogP contribution in [0.2, 0.25) is 0 Å². The fourth-order valence-electron chi connectivity index (χ4n) is 5.34. The zero-order valence-electron chi connectivity index (χ0n) is 23.3. The highest BCUT2D eigenvalue weighted by atomic mass is 31.2. The standard InChI is InChI=1S/C31H34N3O6P/c1-3-32-27-17-16-24(39-22-23-12-6-5-7-13-23)20-28(27)33(18-10-11-19-41(37,38)40-4-2)29(32)21-34-30(35)25-14-8-9-15-26(25)31(34)36/h5-9,12-17,20H,3-4,10-11,18-19,21-22H2,1-2H3. The minimum absolute atomic E-state index is 0.0486. The van der Waals surface area contributed by atoms with Crippen molar-refractivity contribution >= 4 is 30.4 Å². The molecule has 10 heteroatoms. The van der Waals surface area contributed by atoms with Gasteiger partial charge in [-0.05, 0) is 56.5 Å². The second-order valence-corrected chi connectivity index (χ2v) is 11.9. The predicted molar refractivity (Wildman–Crippen MR) is 153 cm³/mol. The number of nitrogens with zero attached hydrogens (tertiary/aromatic N) is 3. The molecule has 9 nitrogen and oxygen atoms in total. The average Bonchev–Trinajstić information content (AvgIpc) is 3.40. The van der Waals surface area contributed by atoms with Gasteiger partial charge in [-0.1, -0.05) is 42.5 Å². The largest absolute Gasteiger partial charge is 0.778 e. The maximum Gasteiger partial charge on any atom is 0.277 e. The van der Waals surface area contributed by atoms with E-state index in [-0.39, 0.29) is 31.1 Å². The van der Waals surface area contributed by atoms with E-state index in [1.165, 1.54) is 4.90 Å². The molecule has 1 aliphatic heterocycles. The zero-order valence-corrected chi connectivity index (χ0v) is 24.2. The normalized spacial score (nSPS) is 14.5. The zero-order chi connectivity index (χ0) is 29.0. The molecule has 3 aromatic carbocycles. The molecule has 1 aromatic heterocycles. The molecule has 1 unspecified atom stereocenters. The molecule has 0 fully saturated rings. The van der Waals surface area contributed by atoms with E-state index in [1.807, 2.05) is 55.5 Å². The van der Waals surface area contributed by atoms with Crippen molar-refractivity contribution in [3.8, 4) is 5.75 Å². The van der Waals surface area contributed by atoms with Crippen LogP contribution in [0, 0.1) is 0 Å². The number of imidazole rings is 1. The van der Waals surface area contributed by atoms with Crippen LogP contribution in [0.5, 0.6) is 5.75 Å². The third kappa shape index (κ3) is 6.12. The molecular weight excluding hydrogens is 541 g/mol. The number of hydrogen-bond donors (Lipinski definition) is 0. The Morgan fingerprint density at radius 1 is 0.902 bits per heavy atom. The Morgan fingerprint density at radius 3 is 2.24 bits per heavy atom. The van der Waals surface area contributed by atoms with Crippen molar-refractivity contribution in [2.45, 2.75) is 52.9 Å². The Labute approximate surface area is 239 Å². The molecule has 0 radical (unpaired) electrons. The van der Waals surface area contributed by atoms with Crippen molar-refractivity contribution < 1.29 is 32.9 Å². The molecular formula is C31H34N3O6P. The van der Waals surface area contributed by atoms with Gasteiger partial charge < -0.3 is 18.7 Å². The Kier molecular flexibility index (Phi) is 8.68. The molecule has 0 bridgehead atoms. The van der Waals surface area contributed by atoms with Gasteiger partial charge in [0.2, 0.25) is 0 Å². The Bertz CT molecular complexity index is 1580. The fraction of sp³-hybridized carbons (Fsp3) is 0.323. The highest BCUT2D eigenvalue weighted by molar-refractivity contribution is 7.51. The molecule has 2 heterocycles. The van der Waals surface area contributed by atoms with Gasteiger partial charge in [0.25, 0.3) is 17.6 Å². The third-order valence-electron chi connectivity index (χ3n) is 7.28. The summed E-state index contributed by atoms with van der Waals surface area (Å²) >= 11 is 0. The van der Waals surface area contributed by atoms with Crippen LogP contribution in [-0.4, -0.2) is 34.1 Å². The quantitative estimate of drug-likeness (QED) is 0.0991. The lowest BCUT2D eigenvalue weighted by Gasteiger charge is -2.22.